The van der Waals surface area contributed by atoms with Gasteiger partial charge in [0.05, 0.1) is 16.5 Å². The monoisotopic (exact) mass is 438 g/mol. The van der Waals surface area contributed by atoms with Gasteiger partial charge in [0, 0.05) is 18.7 Å². The van der Waals surface area contributed by atoms with Crippen molar-refractivity contribution in [1.82, 2.24) is 9.62 Å². The molecule has 1 saturated heterocycles. The van der Waals surface area contributed by atoms with Crippen LogP contribution in [0.4, 0.5) is 13.2 Å². The lowest BCUT2D eigenvalue weighted by Crippen LogP contribution is -2.32. The Kier molecular flexibility index (Phi) is 6.33. The first-order valence-corrected chi connectivity index (χ1v) is 10.8. The maximum atomic E-state index is 13.5. The van der Waals surface area contributed by atoms with Crippen molar-refractivity contribution in [2.45, 2.75) is 30.0 Å². The first-order chi connectivity index (χ1) is 14.2. The van der Waals surface area contributed by atoms with Gasteiger partial charge in [0.2, 0.25) is 10.0 Å². The summed E-state index contributed by atoms with van der Waals surface area (Å²) in [4.78, 5) is 12.0. The SMILES string of the molecule is C=CCNC(=O)c1cccc(S(=O)(=O)N2CCCC2c2ccccc2C(F)(F)F)c1. The number of sulfonamides is 1. The molecule has 0 spiro atoms. The minimum atomic E-state index is -4.59. The molecule has 1 aliphatic rings. The minimum absolute atomic E-state index is 0.0639. The number of carbonyl (C=O) groups is 1. The summed E-state index contributed by atoms with van der Waals surface area (Å²) in [5.41, 5.74) is -0.759. The second-order valence-electron chi connectivity index (χ2n) is 6.89. The van der Waals surface area contributed by atoms with E-state index < -0.39 is 33.7 Å². The van der Waals surface area contributed by atoms with Crippen LogP contribution in [0.5, 0.6) is 0 Å². The van der Waals surface area contributed by atoms with Crippen molar-refractivity contribution in [2.75, 3.05) is 13.1 Å². The fourth-order valence-electron chi connectivity index (χ4n) is 3.58. The smallest absolute Gasteiger partial charge is 0.349 e. The normalized spacial score (nSPS) is 17.6. The number of carbonyl (C=O) groups excluding carboxylic acids is 1. The summed E-state index contributed by atoms with van der Waals surface area (Å²) in [6, 6.07) is 9.59. The Morgan fingerprint density at radius 2 is 1.93 bits per heavy atom. The van der Waals surface area contributed by atoms with Crippen molar-refractivity contribution in [2.24, 2.45) is 0 Å². The number of benzene rings is 2. The molecule has 1 aliphatic heterocycles. The average molecular weight is 438 g/mol. The van der Waals surface area contributed by atoms with Gasteiger partial charge in [0.25, 0.3) is 5.91 Å². The summed E-state index contributed by atoms with van der Waals surface area (Å²) in [6.45, 7) is 3.82. The van der Waals surface area contributed by atoms with E-state index in [0.717, 1.165) is 10.4 Å². The van der Waals surface area contributed by atoms with E-state index in [0.29, 0.717) is 6.42 Å². The summed E-state index contributed by atoms with van der Waals surface area (Å²) < 4.78 is 68.0. The van der Waals surface area contributed by atoms with Gasteiger partial charge in [-0.3, -0.25) is 4.79 Å². The summed E-state index contributed by atoms with van der Waals surface area (Å²) >= 11 is 0. The van der Waals surface area contributed by atoms with Crippen LogP contribution in [0.15, 0.2) is 66.1 Å². The third-order valence-corrected chi connectivity index (χ3v) is 6.84. The number of hydrogen-bond acceptors (Lipinski definition) is 3. The first kappa shape index (κ1) is 22.0. The fourth-order valence-corrected chi connectivity index (χ4v) is 5.31. The van der Waals surface area contributed by atoms with Crippen molar-refractivity contribution >= 4 is 15.9 Å². The molecule has 1 atom stereocenters. The molecule has 2 aromatic rings. The summed E-state index contributed by atoms with van der Waals surface area (Å²) in [5.74, 6) is -0.465. The molecule has 0 aromatic heterocycles. The molecular formula is C21H21F3N2O3S. The standard InChI is InChI=1S/C21H21F3N2O3S/c1-2-12-25-20(27)15-7-5-8-16(14-15)30(28,29)26-13-6-11-19(26)17-9-3-4-10-18(17)21(22,23)24/h2-5,7-10,14,19H,1,6,11-13H2,(H,25,27). The molecule has 5 nitrogen and oxygen atoms in total. The number of nitrogens with one attached hydrogen (secondary N) is 1. The highest BCUT2D eigenvalue weighted by Crippen LogP contribution is 2.42. The van der Waals surface area contributed by atoms with Crippen LogP contribution in [0, 0.1) is 0 Å². The molecule has 0 radical (unpaired) electrons. The van der Waals surface area contributed by atoms with E-state index >= 15 is 0 Å². The van der Waals surface area contributed by atoms with Gasteiger partial charge in [-0.1, -0.05) is 30.3 Å². The van der Waals surface area contributed by atoms with Crippen molar-refractivity contribution in [3.8, 4) is 0 Å². The van der Waals surface area contributed by atoms with E-state index in [1.165, 1.54) is 48.5 Å². The maximum absolute atomic E-state index is 13.5. The summed E-state index contributed by atoms with van der Waals surface area (Å²) in [6.07, 6.45) is -2.37. The number of halogens is 3. The number of nitrogens with zero attached hydrogens (tertiary/aromatic N) is 1. The average Bonchev–Trinajstić information content (AvgIpc) is 3.22. The third kappa shape index (κ3) is 4.41. The maximum Gasteiger partial charge on any atom is 0.416 e. The van der Waals surface area contributed by atoms with Crippen LogP contribution in [-0.4, -0.2) is 31.7 Å². The Balaban J connectivity index is 1.97. The van der Waals surface area contributed by atoms with E-state index in [4.69, 9.17) is 0 Å². The largest absolute Gasteiger partial charge is 0.416 e. The quantitative estimate of drug-likeness (QED) is 0.690. The van der Waals surface area contributed by atoms with Crippen molar-refractivity contribution < 1.29 is 26.4 Å². The fraction of sp³-hybridized carbons (Fsp3) is 0.286. The van der Waals surface area contributed by atoms with Crippen molar-refractivity contribution in [1.29, 1.82) is 0 Å². The van der Waals surface area contributed by atoms with Crippen LogP contribution in [0.3, 0.4) is 0 Å². The molecule has 1 amide bonds. The Morgan fingerprint density at radius 1 is 1.20 bits per heavy atom. The second-order valence-corrected chi connectivity index (χ2v) is 8.78. The topological polar surface area (TPSA) is 66.5 Å². The Labute approximate surface area is 173 Å². The summed E-state index contributed by atoms with van der Waals surface area (Å²) in [5, 5.41) is 2.57. The molecule has 1 heterocycles. The number of rotatable bonds is 6. The van der Waals surface area contributed by atoms with Gasteiger partial charge < -0.3 is 5.32 Å². The van der Waals surface area contributed by atoms with E-state index in [2.05, 4.69) is 11.9 Å². The van der Waals surface area contributed by atoms with Gasteiger partial charge in [-0.15, -0.1) is 6.58 Å². The predicted octanol–water partition coefficient (Wildman–Crippen LogP) is 4.15. The van der Waals surface area contributed by atoms with Gasteiger partial charge in [-0.2, -0.15) is 17.5 Å². The summed E-state index contributed by atoms with van der Waals surface area (Å²) in [7, 11) is -4.11. The van der Waals surface area contributed by atoms with E-state index in [-0.39, 0.29) is 35.5 Å². The van der Waals surface area contributed by atoms with Crippen molar-refractivity contribution in [3.63, 3.8) is 0 Å². The lowest BCUT2D eigenvalue weighted by Gasteiger charge is -2.27. The number of alkyl halides is 3. The molecule has 1 unspecified atom stereocenters. The highest BCUT2D eigenvalue weighted by Gasteiger charge is 2.41. The van der Waals surface area contributed by atoms with Crippen LogP contribution in [0.25, 0.3) is 0 Å². The first-order valence-electron chi connectivity index (χ1n) is 9.33. The molecule has 0 aliphatic carbocycles. The lowest BCUT2D eigenvalue weighted by molar-refractivity contribution is -0.138. The molecule has 0 bridgehead atoms. The van der Waals surface area contributed by atoms with Gasteiger partial charge in [-0.05, 0) is 42.7 Å². The molecular weight excluding hydrogens is 417 g/mol. The van der Waals surface area contributed by atoms with Gasteiger partial charge in [-0.25, -0.2) is 8.42 Å². The number of amides is 1. The van der Waals surface area contributed by atoms with Gasteiger partial charge in [0.1, 0.15) is 0 Å². The van der Waals surface area contributed by atoms with Gasteiger partial charge >= 0.3 is 6.18 Å². The zero-order valence-corrected chi connectivity index (χ0v) is 16.8. The van der Waals surface area contributed by atoms with E-state index in [1.807, 2.05) is 0 Å². The van der Waals surface area contributed by atoms with E-state index in [1.54, 1.807) is 0 Å². The van der Waals surface area contributed by atoms with Crippen LogP contribution in [-0.2, 0) is 16.2 Å². The predicted molar refractivity (Wildman–Crippen MR) is 106 cm³/mol. The third-order valence-electron chi connectivity index (χ3n) is 4.94. The minimum Gasteiger partial charge on any atom is -0.349 e. The highest BCUT2D eigenvalue weighted by molar-refractivity contribution is 7.89. The van der Waals surface area contributed by atoms with E-state index in [9.17, 15) is 26.4 Å². The Bertz CT molecular complexity index is 1050. The van der Waals surface area contributed by atoms with Gasteiger partial charge in [0.15, 0.2) is 0 Å². The molecule has 30 heavy (non-hydrogen) atoms. The van der Waals surface area contributed by atoms with Crippen LogP contribution in [0.1, 0.15) is 40.4 Å². The molecule has 0 saturated carbocycles. The van der Waals surface area contributed by atoms with Crippen molar-refractivity contribution in [3.05, 3.63) is 77.9 Å². The molecule has 1 fully saturated rings. The molecule has 2 aromatic carbocycles. The molecule has 1 N–H and O–H groups in total. The van der Waals surface area contributed by atoms with Crippen LogP contribution in [0.2, 0.25) is 0 Å². The second kappa shape index (κ2) is 8.61. The zero-order valence-electron chi connectivity index (χ0n) is 16.0. The Morgan fingerprint density at radius 3 is 2.63 bits per heavy atom. The lowest BCUT2D eigenvalue weighted by atomic mass is 9.99. The highest BCUT2D eigenvalue weighted by atomic mass is 32.2. The van der Waals surface area contributed by atoms with Crippen LogP contribution < -0.4 is 5.32 Å². The van der Waals surface area contributed by atoms with Crippen LogP contribution >= 0.6 is 0 Å². The Hall–Kier alpha value is -2.65. The number of hydrogen-bond donors (Lipinski definition) is 1. The molecule has 3 rings (SSSR count). The zero-order chi connectivity index (χ0) is 21.9. The molecule has 160 valence electrons. The molecule has 9 heteroatoms.